The monoisotopic (exact) mass is 266 g/mol. The number of benzene rings is 2. The summed E-state index contributed by atoms with van der Waals surface area (Å²) in [6.07, 6.45) is 4.72. The highest BCUT2D eigenvalue weighted by molar-refractivity contribution is 5.73. The molecule has 0 amide bonds. The van der Waals surface area contributed by atoms with E-state index in [1.807, 2.05) is 24.3 Å². The smallest absolute Gasteiger partial charge is 0.126 e. The number of aromatic hydroxyl groups is 2. The maximum Gasteiger partial charge on any atom is 0.126 e. The normalized spacial score (nSPS) is 10.2. The number of phenols is 2. The summed E-state index contributed by atoms with van der Waals surface area (Å²) in [5.41, 5.74) is 3.28. The van der Waals surface area contributed by atoms with Gasteiger partial charge in [-0.1, -0.05) is 36.4 Å². The molecule has 0 aliphatic rings. The average Bonchev–Trinajstić information content (AvgIpc) is 2.44. The number of para-hydroxylation sites is 1. The van der Waals surface area contributed by atoms with E-state index in [-0.39, 0.29) is 11.5 Å². The first-order chi connectivity index (χ1) is 9.67. The lowest BCUT2D eigenvalue weighted by Gasteiger charge is -2.11. The number of rotatable bonds is 5. The van der Waals surface area contributed by atoms with Crippen molar-refractivity contribution in [1.29, 1.82) is 0 Å². The minimum Gasteiger partial charge on any atom is -0.508 e. The van der Waals surface area contributed by atoms with Crippen molar-refractivity contribution < 1.29 is 10.2 Å². The van der Waals surface area contributed by atoms with Gasteiger partial charge in [-0.2, -0.15) is 0 Å². The largest absolute Gasteiger partial charge is 0.508 e. The summed E-state index contributed by atoms with van der Waals surface area (Å²) in [7, 11) is 0. The first kappa shape index (κ1) is 13.9. The molecule has 0 saturated heterocycles. The van der Waals surface area contributed by atoms with Gasteiger partial charge in [0, 0.05) is 5.56 Å². The van der Waals surface area contributed by atoms with Crippen molar-refractivity contribution in [1.82, 2.24) is 0 Å². The molecular weight excluding hydrogens is 248 g/mol. The van der Waals surface area contributed by atoms with Crippen LogP contribution in [-0.4, -0.2) is 10.2 Å². The molecule has 0 bridgehead atoms. The maximum absolute atomic E-state index is 10.3. The Bertz CT molecular complexity index is 642. The van der Waals surface area contributed by atoms with Crippen LogP contribution in [0.5, 0.6) is 11.5 Å². The predicted molar refractivity (Wildman–Crippen MR) is 83.0 cm³/mol. The molecule has 0 unspecified atom stereocenters. The summed E-state index contributed by atoms with van der Waals surface area (Å²) in [6.45, 7) is 7.38. The van der Waals surface area contributed by atoms with Gasteiger partial charge in [0.1, 0.15) is 11.5 Å². The zero-order valence-corrected chi connectivity index (χ0v) is 11.3. The Morgan fingerprint density at radius 1 is 0.900 bits per heavy atom. The Hall–Kier alpha value is -2.48. The van der Waals surface area contributed by atoms with E-state index in [0.717, 1.165) is 22.3 Å². The van der Waals surface area contributed by atoms with Crippen LogP contribution >= 0.6 is 0 Å². The molecular formula is C18H18O2. The Labute approximate surface area is 119 Å². The quantitative estimate of drug-likeness (QED) is 0.795. The van der Waals surface area contributed by atoms with Gasteiger partial charge in [0.25, 0.3) is 0 Å². The van der Waals surface area contributed by atoms with Crippen LogP contribution in [0.2, 0.25) is 0 Å². The van der Waals surface area contributed by atoms with Crippen LogP contribution in [0.1, 0.15) is 11.1 Å². The molecule has 0 fully saturated rings. The van der Waals surface area contributed by atoms with Crippen molar-refractivity contribution in [3.05, 3.63) is 72.8 Å². The molecule has 2 aromatic rings. The van der Waals surface area contributed by atoms with Gasteiger partial charge < -0.3 is 10.2 Å². The van der Waals surface area contributed by atoms with Gasteiger partial charge >= 0.3 is 0 Å². The minimum atomic E-state index is 0.246. The van der Waals surface area contributed by atoms with Crippen LogP contribution in [0.25, 0.3) is 11.1 Å². The van der Waals surface area contributed by atoms with Crippen LogP contribution in [0, 0.1) is 0 Å². The third-order valence-corrected chi connectivity index (χ3v) is 3.24. The molecule has 0 aromatic heterocycles. The molecule has 0 saturated carbocycles. The number of hydrogen-bond donors (Lipinski definition) is 2. The molecule has 2 N–H and O–H groups in total. The van der Waals surface area contributed by atoms with Crippen molar-refractivity contribution in [2.24, 2.45) is 0 Å². The number of hydrogen-bond acceptors (Lipinski definition) is 2. The molecule has 20 heavy (non-hydrogen) atoms. The van der Waals surface area contributed by atoms with Crippen molar-refractivity contribution in [2.75, 3.05) is 0 Å². The predicted octanol–water partition coefficient (Wildman–Crippen LogP) is 4.22. The van der Waals surface area contributed by atoms with Gasteiger partial charge in [-0.15, -0.1) is 13.2 Å². The SMILES string of the molecule is C=CCc1cc(-c2cccc(CC=C)c2O)ccc1O. The van der Waals surface area contributed by atoms with E-state index in [0.29, 0.717) is 12.8 Å². The Morgan fingerprint density at radius 3 is 2.30 bits per heavy atom. The molecule has 0 aliphatic heterocycles. The summed E-state index contributed by atoms with van der Waals surface area (Å²) in [6, 6.07) is 11.0. The summed E-state index contributed by atoms with van der Waals surface area (Å²) < 4.78 is 0. The Morgan fingerprint density at radius 2 is 1.60 bits per heavy atom. The van der Waals surface area contributed by atoms with Gasteiger partial charge in [-0.3, -0.25) is 0 Å². The van der Waals surface area contributed by atoms with E-state index in [1.54, 1.807) is 24.3 Å². The topological polar surface area (TPSA) is 40.5 Å². The number of allylic oxidation sites excluding steroid dienone is 2. The third kappa shape index (κ3) is 2.75. The average molecular weight is 266 g/mol. The lowest BCUT2D eigenvalue weighted by molar-refractivity contribution is 0.468. The summed E-state index contributed by atoms with van der Waals surface area (Å²) in [5.74, 6) is 0.512. The second-order valence-corrected chi connectivity index (χ2v) is 4.64. The van der Waals surface area contributed by atoms with E-state index in [1.165, 1.54) is 0 Å². The Kier molecular flexibility index (Phi) is 4.26. The molecule has 0 radical (unpaired) electrons. The summed E-state index contributed by atoms with van der Waals surface area (Å²) >= 11 is 0. The fourth-order valence-corrected chi connectivity index (χ4v) is 2.22. The van der Waals surface area contributed by atoms with Crippen LogP contribution in [0.4, 0.5) is 0 Å². The molecule has 0 spiro atoms. The molecule has 2 rings (SSSR count). The lowest BCUT2D eigenvalue weighted by Crippen LogP contribution is -1.89. The van der Waals surface area contributed by atoms with Crippen LogP contribution in [0.15, 0.2) is 61.7 Å². The fourth-order valence-electron chi connectivity index (χ4n) is 2.22. The molecule has 0 aliphatic carbocycles. The van der Waals surface area contributed by atoms with Crippen LogP contribution in [-0.2, 0) is 12.8 Å². The molecule has 102 valence electrons. The van der Waals surface area contributed by atoms with Gasteiger partial charge in [-0.05, 0) is 41.7 Å². The highest BCUT2D eigenvalue weighted by atomic mass is 16.3. The van der Waals surface area contributed by atoms with E-state index >= 15 is 0 Å². The van der Waals surface area contributed by atoms with Crippen LogP contribution < -0.4 is 0 Å². The molecule has 0 atom stereocenters. The van der Waals surface area contributed by atoms with E-state index in [4.69, 9.17) is 0 Å². The second kappa shape index (κ2) is 6.11. The molecule has 2 heteroatoms. The van der Waals surface area contributed by atoms with Gasteiger partial charge in [0.05, 0.1) is 0 Å². The summed E-state index contributed by atoms with van der Waals surface area (Å²) in [5, 5.41) is 20.1. The van der Waals surface area contributed by atoms with E-state index in [9.17, 15) is 10.2 Å². The van der Waals surface area contributed by atoms with Gasteiger partial charge in [0.15, 0.2) is 0 Å². The zero-order valence-electron chi connectivity index (χ0n) is 11.3. The molecule has 2 aromatic carbocycles. The van der Waals surface area contributed by atoms with Crippen molar-refractivity contribution in [2.45, 2.75) is 12.8 Å². The van der Waals surface area contributed by atoms with Crippen molar-refractivity contribution in [3.63, 3.8) is 0 Å². The molecule has 0 heterocycles. The highest BCUT2D eigenvalue weighted by Crippen LogP contribution is 2.34. The minimum absolute atomic E-state index is 0.246. The molecule has 2 nitrogen and oxygen atoms in total. The highest BCUT2D eigenvalue weighted by Gasteiger charge is 2.10. The first-order valence-electron chi connectivity index (χ1n) is 6.52. The fraction of sp³-hybridized carbons (Fsp3) is 0.111. The van der Waals surface area contributed by atoms with E-state index in [2.05, 4.69) is 13.2 Å². The number of phenolic OH excluding ortho intramolecular Hbond substituents is 2. The Balaban J connectivity index is 2.51. The third-order valence-electron chi connectivity index (χ3n) is 3.24. The van der Waals surface area contributed by atoms with E-state index < -0.39 is 0 Å². The van der Waals surface area contributed by atoms with Crippen molar-refractivity contribution >= 4 is 0 Å². The van der Waals surface area contributed by atoms with Gasteiger partial charge in [0.2, 0.25) is 0 Å². The summed E-state index contributed by atoms with van der Waals surface area (Å²) in [4.78, 5) is 0. The lowest BCUT2D eigenvalue weighted by atomic mass is 9.97. The zero-order chi connectivity index (χ0) is 14.5. The maximum atomic E-state index is 10.3. The standard InChI is InChI=1S/C18H18O2/c1-3-6-13-8-5-9-16(18(13)20)14-10-11-17(19)15(12-14)7-4-2/h3-5,8-12,19-20H,1-2,6-7H2. The van der Waals surface area contributed by atoms with Gasteiger partial charge in [-0.25, -0.2) is 0 Å². The second-order valence-electron chi connectivity index (χ2n) is 4.64. The van der Waals surface area contributed by atoms with Crippen molar-refractivity contribution in [3.8, 4) is 22.6 Å². The first-order valence-corrected chi connectivity index (χ1v) is 6.52. The van der Waals surface area contributed by atoms with Crippen LogP contribution in [0.3, 0.4) is 0 Å².